The minimum absolute atomic E-state index is 0.538. The molecular formula is C13H17N5O2. The van der Waals surface area contributed by atoms with Crippen LogP contribution < -0.4 is 16.0 Å². The third-order valence-electron chi connectivity index (χ3n) is 3.18. The third kappa shape index (κ3) is 2.67. The molecule has 1 aliphatic heterocycles. The van der Waals surface area contributed by atoms with E-state index in [0.717, 1.165) is 24.7 Å². The molecule has 0 aliphatic carbocycles. The molecule has 0 spiro atoms. The Kier molecular flexibility index (Phi) is 3.69. The summed E-state index contributed by atoms with van der Waals surface area (Å²) in [7, 11) is 0. The Labute approximate surface area is 116 Å². The molecule has 0 bridgehead atoms. The van der Waals surface area contributed by atoms with Gasteiger partial charge in [0, 0.05) is 13.1 Å². The first kappa shape index (κ1) is 12.7. The molecule has 0 atom stereocenters. The van der Waals surface area contributed by atoms with Crippen LogP contribution in [-0.4, -0.2) is 36.3 Å². The maximum absolute atomic E-state index is 6.15. The van der Waals surface area contributed by atoms with E-state index in [0.29, 0.717) is 31.3 Å². The molecule has 0 amide bonds. The van der Waals surface area contributed by atoms with E-state index in [-0.39, 0.29) is 0 Å². The van der Waals surface area contributed by atoms with Crippen molar-refractivity contribution in [3.05, 3.63) is 30.5 Å². The highest BCUT2D eigenvalue weighted by Gasteiger charge is 2.17. The van der Waals surface area contributed by atoms with E-state index in [9.17, 15) is 0 Å². The Bertz CT molecular complexity index is 552. The number of nitrogen functional groups attached to an aromatic ring is 1. The summed E-state index contributed by atoms with van der Waals surface area (Å²) in [6.07, 6.45) is 3.16. The van der Waals surface area contributed by atoms with Gasteiger partial charge in [0.1, 0.15) is 17.8 Å². The molecule has 20 heavy (non-hydrogen) atoms. The average Bonchev–Trinajstić information content (AvgIpc) is 3.00. The standard InChI is InChI=1S/C13H17N5O2/c14-11-12(15-8-10-2-1-5-20-10)16-9-17-13(11)18-3-6-19-7-4-18/h1-2,5,9H,3-4,6-8,14H2,(H,15,16,17). The van der Waals surface area contributed by atoms with Gasteiger partial charge in [0.2, 0.25) is 0 Å². The van der Waals surface area contributed by atoms with Gasteiger partial charge in [0.25, 0.3) is 0 Å². The normalized spacial score (nSPS) is 15.3. The quantitative estimate of drug-likeness (QED) is 0.863. The second-order valence-electron chi connectivity index (χ2n) is 4.49. The second-order valence-corrected chi connectivity index (χ2v) is 4.49. The molecule has 7 nitrogen and oxygen atoms in total. The summed E-state index contributed by atoms with van der Waals surface area (Å²) in [5.41, 5.74) is 6.71. The molecule has 1 fully saturated rings. The van der Waals surface area contributed by atoms with Gasteiger partial charge in [-0.3, -0.25) is 0 Å². The van der Waals surface area contributed by atoms with Crippen molar-refractivity contribution in [2.24, 2.45) is 0 Å². The van der Waals surface area contributed by atoms with Crippen molar-refractivity contribution in [1.82, 2.24) is 9.97 Å². The minimum atomic E-state index is 0.538. The molecule has 0 aromatic carbocycles. The number of morpholine rings is 1. The summed E-state index contributed by atoms with van der Waals surface area (Å²) in [6.45, 7) is 3.51. The number of nitrogens with zero attached hydrogens (tertiary/aromatic N) is 3. The number of nitrogens with two attached hydrogens (primary N) is 1. The molecule has 7 heteroatoms. The number of furan rings is 1. The zero-order valence-corrected chi connectivity index (χ0v) is 11.1. The lowest BCUT2D eigenvalue weighted by Crippen LogP contribution is -2.37. The number of hydrogen-bond donors (Lipinski definition) is 2. The SMILES string of the molecule is Nc1c(NCc2ccco2)ncnc1N1CCOCC1. The molecule has 3 N–H and O–H groups in total. The van der Waals surface area contributed by atoms with Gasteiger partial charge in [-0.15, -0.1) is 0 Å². The van der Waals surface area contributed by atoms with Gasteiger partial charge in [-0.1, -0.05) is 0 Å². The molecule has 106 valence electrons. The average molecular weight is 275 g/mol. The van der Waals surface area contributed by atoms with E-state index >= 15 is 0 Å². The highest BCUT2D eigenvalue weighted by molar-refractivity contribution is 5.74. The van der Waals surface area contributed by atoms with Gasteiger partial charge in [-0.05, 0) is 12.1 Å². The first-order valence-corrected chi connectivity index (χ1v) is 6.54. The molecule has 0 radical (unpaired) electrons. The highest BCUT2D eigenvalue weighted by atomic mass is 16.5. The summed E-state index contributed by atoms with van der Waals surface area (Å²) >= 11 is 0. The Hall–Kier alpha value is -2.28. The van der Waals surface area contributed by atoms with Gasteiger partial charge >= 0.3 is 0 Å². The fourth-order valence-corrected chi connectivity index (χ4v) is 2.14. The summed E-state index contributed by atoms with van der Waals surface area (Å²) in [6, 6.07) is 3.74. The van der Waals surface area contributed by atoms with Gasteiger partial charge in [-0.2, -0.15) is 0 Å². The van der Waals surface area contributed by atoms with Gasteiger partial charge in [0.15, 0.2) is 11.6 Å². The van der Waals surface area contributed by atoms with E-state index < -0.39 is 0 Å². The van der Waals surface area contributed by atoms with Crippen molar-refractivity contribution in [3.63, 3.8) is 0 Å². The van der Waals surface area contributed by atoms with E-state index in [1.807, 2.05) is 12.1 Å². The van der Waals surface area contributed by atoms with Crippen LogP contribution in [0.5, 0.6) is 0 Å². The van der Waals surface area contributed by atoms with Crippen LogP contribution in [0.1, 0.15) is 5.76 Å². The first-order valence-electron chi connectivity index (χ1n) is 6.54. The number of hydrogen-bond acceptors (Lipinski definition) is 7. The van der Waals surface area contributed by atoms with Crippen LogP contribution in [0.3, 0.4) is 0 Å². The third-order valence-corrected chi connectivity index (χ3v) is 3.18. The Morgan fingerprint density at radius 1 is 1.30 bits per heavy atom. The minimum Gasteiger partial charge on any atom is -0.467 e. The molecule has 1 aliphatic rings. The molecular weight excluding hydrogens is 258 g/mol. The topological polar surface area (TPSA) is 89.4 Å². The number of ether oxygens (including phenoxy) is 1. The van der Waals surface area contributed by atoms with Crippen LogP contribution in [0.2, 0.25) is 0 Å². The van der Waals surface area contributed by atoms with Crippen LogP contribution in [0.15, 0.2) is 29.1 Å². The van der Waals surface area contributed by atoms with Crippen molar-refractivity contribution in [3.8, 4) is 0 Å². The largest absolute Gasteiger partial charge is 0.467 e. The zero-order chi connectivity index (χ0) is 13.8. The van der Waals surface area contributed by atoms with E-state index in [1.54, 1.807) is 6.26 Å². The van der Waals surface area contributed by atoms with Crippen molar-refractivity contribution in [2.45, 2.75) is 6.54 Å². The van der Waals surface area contributed by atoms with Crippen LogP contribution in [0, 0.1) is 0 Å². The monoisotopic (exact) mass is 275 g/mol. The predicted octanol–water partition coefficient (Wildman–Crippen LogP) is 1.10. The second kappa shape index (κ2) is 5.79. The molecule has 1 saturated heterocycles. The zero-order valence-electron chi connectivity index (χ0n) is 11.1. The Morgan fingerprint density at radius 3 is 2.90 bits per heavy atom. The van der Waals surface area contributed by atoms with E-state index in [1.165, 1.54) is 6.33 Å². The summed E-state index contributed by atoms with van der Waals surface area (Å²) in [5, 5.41) is 3.17. The van der Waals surface area contributed by atoms with Gasteiger partial charge in [0.05, 0.1) is 26.0 Å². The molecule has 2 aromatic heterocycles. The molecule has 0 saturated carbocycles. The lowest BCUT2D eigenvalue weighted by Gasteiger charge is -2.28. The maximum atomic E-state index is 6.15. The number of rotatable bonds is 4. The smallest absolute Gasteiger partial charge is 0.157 e. The predicted molar refractivity (Wildman–Crippen MR) is 75.5 cm³/mol. The Morgan fingerprint density at radius 2 is 2.15 bits per heavy atom. The van der Waals surface area contributed by atoms with Crippen LogP contribution in [0.25, 0.3) is 0 Å². The van der Waals surface area contributed by atoms with Gasteiger partial charge in [-0.25, -0.2) is 9.97 Å². The fraction of sp³-hybridized carbons (Fsp3) is 0.385. The molecule has 0 unspecified atom stereocenters. The molecule has 3 rings (SSSR count). The fourth-order valence-electron chi connectivity index (χ4n) is 2.14. The molecule has 3 heterocycles. The van der Waals surface area contributed by atoms with Gasteiger partial charge < -0.3 is 25.1 Å². The van der Waals surface area contributed by atoms with E-state index in [4.69, 9.17) is 14.9 Å². The first-order chi connectivity index (χ1) is 9.84. The van der Waals surface area contributed by atoms with Crippen LogP contribution in [-0.2, 0) is 11.3 Å². The maximum Gasteiger partial charge on any atom is 0.157 e. The number of nitrogens with one attached hydrogen (secondary N) is 1. The summed E-state index contributed by atoms with van der Waals surface area (Å²) in [4.78, 5) is 10.6. The lowest BCUT2D eigenvalue weighted by molar-refractivity contribution is 0.122. The van der Waals surface area contributed by atoms with Crippen LogP contribution in [0.4, 0.5) is 17.3 Å². The molecule has 2 aromatic rings. The lowest BCUT2D eigenvalue weighted by atomic mass is 10.3. The van der Waals surface area contributed by atoms with Crippen molar-refractivity contribution in [2.75, 3.05) is 42.3 Å². The van der Waals surface area contributed by atoms with Crippen molar-refractivity contribution < 1.29 is 9.15 Å². The van der Waals surface area contributed by atoms with Crippen molar-refractivity contribution in [1.29, 1.82) is 0 Å². The van der Waals surface area contributed by atoms with E-state index in [2.05, 4.69) is 20.2 Å². The van der Waals surface area contributed by atoms with Crippen LogP contribution >= 0.6 is 0 Å². The highest BCUT2D eigenvalue weighted by Crippen LogP contribution is 2.26. The number of anilines is 3. The summed E-state index contributed by atoms with van der Waals surface area (Å²) in [5.74, 6) is 2.21. The number of aromatic nitrogens is 2. The van der Waals surface area contributed by atoms with Crippen molar-refractivity contribution >= 4 is 17.3 Å². The summed E-state index contributed by atoms with van der Waals surface area (Å²) < 4.78 is 10.6. The Balaban J connectivity index is 1.74.